The smallest absolute Gasteiger partial charge is 0.308 e. The summed E-state index contributed by atoms with van der Waals surface area (Å²) in [5.41, 5.74) is -0.312. The van der Waals surface area contributed by atoms with Crippen molar-refractivity contribution in [3.05, 3.63) is 33.8 Å². The summed E-state index contributed by atoms with van der Waals surface area (Å²) in [6, 6.07) is 1.53. The lowest BCUT2D eigenvalue weighted by atomic mass is 10.0. The Morgan fingerprint density at radius 3 is 2.56 bits per heavy atom. The summed E-state index contributed by atoms with van der Waals surface area (Å²) in [4.78, 5) is 10.9. The average molecular weight is 325 g/mol. The van der Waals surface area contributed by atoms with Gasteiger partial charge in [-0.15, -0.1) is 0 Å². The number of methoxy groups -OCH3 is 1. The first kappa shape index (κ1) is 15.0. The molecule has 0 aliphatic rings. The van der Waals surface area contributed by atoms with Gasteiger partial charge in [0.2, 0.25) is 0 Å². The largest absolute Gasteiger partial charge is 0.469 e. The topological polar surface area (TPSA) is 66.8 Å². The van der Waals surface area contributed by atoms with E-state index < -0.39 is 36.2 Å². The van der Waals surface area contributed by atoms with Crippen molar-refractivity contribution in [2.75, 3.05) is 7.11 Å². The van der Waals surface area contributed by atoms with Gasteiger partial charge in [0, 0.05) is 16.1 Å². The van der Waals surface area contributed by atoms with E-state index in [1.165, 1.54) is 0 Å². The van der Waals surface area contributed by atoms with Crippen LogP contribution in [0.3, 0.4) is 0 Å². The molecule has 100 valence electrons. The summed E-state index contributed by atoms with van der Waals surface area (Å²) in [6.07, 6.45) is -3.71. The molecule has 1 aromatic carbocycles. The molecule has 0 amide bonds. The van der Waals surface area contributed by atoms with Crippen molar-refractivity contribution in [2.24, 2.45) is 0 Å². The SMILES string of the molecule is COC(=O)CC(O)C(O)c1c(F)cc(F)cc1Br. The standard InChI is InChI=1S/C11H11BrF2O4/c1-18-9(16)4-8(15)11(17)10-6(12)2-5(13)3-7(10)14/h2-3,8,11,15,17H,4H2,1H3. The number of aliphatic hydroxyl groups is 2. The number of hydrogen-bond acceptors (Lipinski definition) is 4. The van der Waals surface area contributed by atoms with E-state index in [0.29, 0.717) is 6.07 Å². The number of halogens is 3. The molecular weight excluding hydrogens is 314 g/mol. The molecule has 0 radical (unpaired) electrons. The predicted octanol–water partition coefficient (Wildman–Crippen LogP) is 1.68. The molecule has 0 heterocycles. The number of hydrogen-bond donors (Lipinski definition) is 2. The summed E-state index contributed by atoms with van der Waals surface area (Å²) < 4.78 is 30.6. The predicted molar refractivity (Wildman–Crippen MR) is 61.7 cm³/mol. The maximum absolute atomic E-state index is 13.5. The zero-order chi connectivity index (χ0) is 13.9. The lowest BCUT2D eigenvalue weighted by molar-refractivity contribution is -0.144. The first-order valence-electron chi connectivity index (χ1n) is 4.94. The monoisotopic (exact) mass is 324 g/mol. The normalized spacial score (nSPS) is 14.1. The second-order valence-corrected chi connectivity index (χ2v) is 4.43. The number of esters is 1. The van der Waals surface area contributed by atoms with Crippen molar-refractivity contribution in [3.63, 3.8) is 0 Å². The van der Waals surface area contributed by atoms with E-state index in [2.05, 4.69) is 20.7 Å². The van der Waals surface area contributed by atoms with Gasteiger partial charge >= 0.3 is 5.97 Å². The second kappa shape index (κ2) is 6.21. The molecule has 0 bridgehead atoms. The van der Waals surface area contributed by atoms with Crippen LogP contribution in [0.2, 0.25) is 0 Å². The Balaban J connectivity index is 2.96. The highest BCUT2D eigenvalue weighted by molar-refractivity contribution is 9.10. The minimum Gasteiger partial charge on any atom is -0.469 e. The number of carbonyl (C=O) groups excluding carboxylic acids is 1. The van der Waals surface area contributed by atoms with Crippen molar-refractivity contribution in [2.45, 2.75) is 18.6 Å². The Labute approximate surface area is 110 Å². The van der Waals surface area contributed by atoms with Crippen molar-refractivity contribution < 1.29 is 28.5 Å². The van der Waals surface area contributed by atoms with Gasteiger partial charge in [0.15, 0.2) is 0 Å². The van der Waals surface area contributed by atoms with E-state index >= 15 is 0 Å². The van der Waals surface area contributed by atoms with Gasteiger partial charge in [-0.25, -0.2) is 8.78 Å². The number of aliphatic hydroxyl groups excluding tert-OH is 2. The molecule has 0 saturated heterocycles. The Morgan fingerprint density at radius 1 is 1.44 bits per heavy atom. The van der Waals surface area contributed by atoms with Crippen LogP contribution < -0.4 is 0 Å². The van der Waals surface area contributed by atoms with Gasteiger partial charge in [0.1, 0.15) is 17.7 Å². The van der Waals surface area contributed by atoms with E-state index in [1.54, 1.807) is 0 Å². The van der Waals surface area contributed by atoms with Gasteiger partial charge in [-0.1, -0.05) is 15.9 Å². The average Bonchev–Trinajstić information content (AvgIpc) is 2.27. The zero-order valence-corrected chi connectivity index (χ0v) is 10.9. The Hall–Kier alpha value is -1.05. The highest BCUT2D eigenvalue weighted by Gasteiger charge is 2.26. The molecule has 18 heavy (non-hydrogen) atoms. The first-order valence-corrected chi connectivity index (χ1v) is 5.73. The van der Waals surface area contributed by atoms with Gasteiger partial charge in [-0.05, 0) is 6.07 Å². The molecule has 2 N–H and O–H groups in total. The minimum absolute atomic E-state index is 0.0311. The summed E-state index contributed by atoms with van der Waals surface area (Å²) in [6.45, 7) is 0. The minimum atomic E-state index is -1.67. The molecule has 0 aliphatic carbocycles. The lowest BCUT2D eigenvalue weighted by Gasteiger charge is -2.19. The zero-order valence-electron chi connectivity index (χ0n) is 9.36. The fraction of sp³-hybridized carbons (Fsp3) is 0.364. The third-order valence-electron chi connectivity index (χ3n) is 2.31. The molecule has 0 fully saturated rings. The first-order chi connectivity index (χ1) is 8.36. The molecule has 1 rings (SSSR count). The quantitative estimate of drug-likeness (QED) is 0.827. The van der Waals surface area contributed by atoms with Crippen molar-refractivity contribution >= 4 is 21.9 Å². The summed E-state index contributed by atoms with van der Waals surface area (Å²) in [5.74, 6) is -2.59. The van der Waals surface area contributed by atoms with E-state index in [4.69, 9.17) is 0 Å². The number of carbonyl (C=O) groups is 1. The number of ether oxygens (including phenoxy) is 1. The molecule has 7 heteroatoms. The lowest BCUT2D eigenvalue weighted by Crippen LogP contribution is -2.23. The molecule has 0 aliphatic heterocycles. The van der Waals surface area contributed by atoms with E-state index in [-0.39, 0.29) is 10.0 Å². The van der Waals surface area contributed by atoms with E-state index in [9.17, 15) is 23.8 Å². The summed E-state index contributed by atoms with van der Waals surface area (Å²) in [5, 5.41) is 19.3. The van der Waals surface area contributed by atoms with Crippen LogP contribution in [0.25, 0.3) is 0 Å². The fourth-order valence-electron chi connectivity index (χ4n) is 1.39. The summed E-state index contributed by atoms with van der Waals surface area (Å²) >= 11 is 2.88. The van der Waals surface area contributed by atoms with Gasteiger partial charge in [-0.2, -0.15) is 0 Å². The summed E-state index contributed by atoms with van der Waals surface area (Å²) in [7, 11) is 1.12. The van der Waals surface area contributed by atoms with Crippen molar-refractivity contribution in [3.8, 4) is 0 Å². The maximum Gasteiger partial charge on any atom is 0.308 e. The van der Waals surface area contributed by atoms with Crippen LogP contribution in [-0.4, -0.2) is 29.4 Å². The molecule has 2 atom stereocenters. The fourth-order valence-corrected chi connectivity index (χ4v) is 2.04. The van der Waals surface area contributed by atoms with Crippen LogP contribution in [0.4, 0.5) is 8.78 Å². The van der Waals surface area contributed by atoms with Crippen LogP contribution in [0, 0.1) is 11.6 Å². The van der Waals surface area contributed by atoms with Gasteiger partial charge in [0.05, 0.1) is 19.6 Å². The second-order valence-electron chi connectivity index (χ2n) is 3.58. The Bertz CT molecular complexity index is 430. The Morgan fingerprint density at radius 2 is 2.06 bits per heavy atom. The highest BCUT2D eigenvalue weighted by atomic mass is 79.9. The molecule has 0 spiro atoms. The molecular formula is C11H11BrF2O4. The van der Waals surface area contributed by atoms with Crippen molar-refractivity contribution in [1.82, 2.24) is 0 Å². The van der Waals surface area contributed by atoms with Gasteiger partial charge in [-0.3, -0.25) is 4.79 Å². The molecule has 2 unspecified atom stereocenters. The molecule has 1 aromatic rings. The van der Waals surface area contributed by atoms with E-state index in [0.717, 1.165) is 13.2 Å². The maximum atomic E-state index is 13.5. The highest BCUT2D eigenvalue weighted by Crippen LogP contribution is 2.30. The van der Waals surface area contributed by atoms with Crippen LogP contribution in [0.1, 0.15) is 18.1 Å². The third kappa shape index (κ3) is 3.47. The van der Waals surface area contributed by atoms with Crippen LogP contribution in [-0.2, 0) is 9.53 Å². The molecule has 4 nitrogen and oxygen atoms in total. The van der Waals surface area contributed by atoms with Gasteiger partial charge < -0.3 is 14.9 Å². The van der Waals surface area contributed by atoms with E-state index in [1.807, 2.05) is 0 Å². The molecule has 0 saturated carbocycles. The Kier molecular flexibility index (Phi) is 5.18. The van der Waals surface area contributed by atoms with Gasteiger partial charge in [0.25, 0.3) is 0 Å². The van der Waals surface area contributed by atoms with Crippen LogP contribution in [0.15, 0.2) is 16.6 Å². The molecule has 0 aromatic heterocycles. The van der Waals surface area contributed by atoms with Crippen molar-refractivity contribution in [1.29, 1.82) is 0 Å². The van der Waals surface area contributed by atoms with Crippen LogP contribution in [0.5, 0.6) is 0 Å². The third-order valence-corrected chi connectivity index (χ3v) is 2.96. The number of benzene rings is 1. The van der Waals surface area contributed by atoms with Crippen LogP contribution >= 0.6 is 15.9 Å². The number of rotatable bonds is 4.